The molecule has 0 spiro atoms. The maximum absolute atomic E-state index is 6.01. The van der Waals surface area contributed by atoms with Crippen molar-refractivity contribution in [2.45, 2.75) is 44.9 Å². The molecule has 1 aliphatic rings. The molecule has 2 aromatic rings. The average Bonchev–Trinajstić information content (AvgIpc) is 2.98. The molecular weight excluding hydrogens is 236 g/mol. The predicted molar refractivity (Wildman–Crippen MR) is 76.9 cm³/mol. The zero-order valence-corrected chi connectivity index (χ0v) is 11.6. The second kappa shape index (κ2) is 4.41. The van der Waals surface area contributed by atoms with E-state index in [2.05, 4.69) is 43.3 Å². The van der Waals surface area contributed by atoms with E-state index in [1.165, 1.54) is 18.4 Å². The summed E-state index contributed by atoms with van der Waals surface area (Å²) in [6, 6.07) is 8.39. The number of benzene rings is 1. The van der Waals surface area contributed by atoms with Gasteiger partial charge in [-0.25, -0.2) is 0 Å². The Morgan fingerprint density at radius 1 is 1.16 bits per heavy atom. The molecule has 0 saturated heterocycles. The molecule has 0 unspecified atom stereocenters. The molecule has 3 nitrogen and oxygen atoms in total. The quantitative estimate of drug-likeness (QED) is 0.881. The van der Waals surface area contributed by atoms with E-state index in [0.29, 0.717) is 5.88 Å². The zero-order valence-electron chi connectivity index (χ0n) is 11.6. The molecule has 1 fully saturated rings. The van der Waals surface area contributed by atoms with Gasteiger partial charge in [-0.2, -0.15) is 0 Å². The monoisotopic (exact) mass is 256 g/mol. The standard InChI is InChI=1S/C16H20N2O/c1-11-5-7-12(8-6-11)13-14(18-19-15(13)17)16(2)9-3-4-10-16/h5-8H,3-4,9-10,17H2,1-2H3. The Kier molecular flexibility index (Phi) is 2.85. The summed E-state index contributed by atoms with van der Waals surface area (Å²) in [6.07, 6.45) is 4.85. The van der Waals surface area contributed by atoms with Crippen LogP contribution in [0.2, 0.25) is 0 Å². The Balaban J connectivity index is 2.11. The van der Waals surface area contributed by atoms with Gasteiger partial charge in [0.05, 0.1) is 11.3 Å². The number of aryl methyl sites for hydroxylation is 1. The van der Waals surface area contributed by atoms with Crippen molar-refractivity contribution >= 4 is 5.88 Å². The Morgan fingerprint density at radius 3 is 2.42 bits per heavy atom. The van der Waals surface area contributed by atoms with Crippen LogP contribution in [0.15, 0.2) is 28.8 Å². The lowest BCUT2D eigenvalue weighted by Crippen LogP contribution is -2.18. The van der Waals surface area contributed by atoms with Crippen LogP contribution in [0.4, 0.5) is 5.88 Å². The molecule has 1 aliphatic carbocycles. The number of anilines is 1. The van der Waals surface area contributed by atoms with Crippen molar-refractivity contribution in [3.8, 4) is 11.1 Å². The number of rotatable bonds is 2. The lowest BCUT2D eigenvalue weighted by Gasteiger charge is -2.21. The largest absolute Gasteiger partial charge is 0.367 e. The molecule has 0 aliphatic heterocycles. The molecule has 0 atom stereocenters. The van der Waals surface area contributed by atoms with Gasteiger partial charge in [0.2, 0.25) is 5.88 Å². The molecule has 1 saturated carbocycles. The van der Waals surface area contributed by atoms with Crippen LogP contribution in [0.3, 0.4) is 0 Å². The minimum absolute atomic E-state index is 0.112. The Morgan fingerprint density at radius 2 is 1.79 bits per heavy atom. The maximum atomic E-state index is 6.01. The van der Waals surface area contributed by atoms with Crippen molar-refractivity contribution in [3.05, 3.63) is 35.5 Å². The first-order valence-corrected chi connectivity index (χ1v) is 6.93. The van der Waals surface area contributed by atoms with E-state index < -0.39 is 0 Å². The third kappa shape index (κ3) is 2.03. The molecule has 3 rings (SSSR count). The van der Waals surface area contributed by atoms with E-state index in [4.69, 9.17) is 10.3 Å². The van der Waals surface area contributed by atoms with Gasteiger partial charge in [0.25, 0.3) is 0 Å². The summed E-state index contributed by atoms with van der Waals surface area (Å²) < 4.78 is 5.29. The highest BCUT2D eigenvalue weighted by atomic mass is 16.5. The summed E-state index contributed by atoms with van der Waals surface area (Å²) in [5, 5.41) is 4.27. The van der Waals surface area contributed by atoms with Crippen LogP contribution in [0.5, 0.6) is 0 Å². The van der Waals surface area contributed by atoms with E-state index in [9.17, 15) is 0 Å². The molecule has 19 heavy (non-hydrogen) atoms. The smallest absolute Gasteiger partial charge is 0.230 e. The van der Waals surface area contributed by atoms with Crippen LogP contribution in [0.1, 0.15) is 43.9 Å². The fourth-order valence-electron chi connectivity index (χ4n) is 3.11. The van der Waals surface area contributed by atoms with Gasteiger partial charge in [-0.05, 0) is 25.3 Å². The maximum Gasteiger partial charge on any atom is 0.230 e. The number of nitrogen functional groups attached to an aromatic ring is 1. The second-order valence-corrected chi connectivity index (χ2v) is 5.90. The van der Waals surface area contributed by atoms with Crippen molar-refractivity contribution < 1.29 is 4.52 Å². The number of nitrogens with two attached hydrogens (primary N) is 1. The van der Waals surface area contributed by atoms with Crippen molar-refractivity contribution in [2.75, 3.05) is 5.73 Å². The first-order valence-electron chi connectivity index (χ1n) is 6.93. The van der Waals surface area contributed by atoms with Gasteiger partial charge in [0.15, 0.2) is 0 Å². The molecule has 1 heterocycles. The summed E-state index contributed by atoms with van der Waals surface area (Å²) in [5.74, 6) is 0.437. The van der Waals surface area contributed by atoms with Gasteiger partial charge >= 0.3 is 0 Å². The van der Waals surface area contributed by atoms with Gasteiger partial charge in [0.1, 0.15) is 0 Å². The topological polar surface area (TPSA) is 52.0 Å². The molecule has 3 heteroatoms. The first kappa shape index (κ1) is 12.3. The first-order chi connectivity index (χ1) is 9.10. The summed E-state index contributed by atoms with van der Waals surface area (Å²) in [6.45, 7) is 4.36. The van der Waals surface area contributed by atoms with Crippen molar-refractivity contribution in [1.29, 1.82) is 0 Å². The third-order valence-electron chi connectivity index (χ3n) is 4.34. The molecule has 0 bridgehead atoms. The minimum atomic E-state index is 0.112. The van der Waals surface area contributed by atoms with E-state index in [1.807, 2.05) is 0 Å². The lowest BCUT2D eigenvalue weighted by molar-refractivity contribution is 0.386. The number of hydrogen-bond donors (Lipinski definition) is 1. The predicted octanol–water partition coefficient (Wildman–Crippen LogP) is 4.06. The van der Waals surface area contributed by atoms with E-state index >= 15 is 0 Å². The van der Waals surface area contributed by atoms with Crippen LogP contribution in [0.25, 0.3) is 11.1 Å². The van der Waals surface area contributed by atoms with E-state index in [1.54, 1.807) is 0 Å². The summed E-state index contributed by atoms with van der Waals surface area (Å²) >= 11 is 0. The van der Waals surface area contributed by atoms with Crippen LogP contribution < -0.4 is 5.73 Å². The van der Waals surface area contributed by atoms with Crippen LogP contribution >= 0.6 is 0 Å². The number of hydrogen-bond acceptors (Lipinski definition) is 3. The van der Waals surface area contributed by atoms with E-state index in [-0.39, 0.29) is 5.41 Å². The van der Waals surface area contributed by atoms with Gasteiger partial charge in [-0.15, -0.1) is 0 Å². The summed E-state index contributed by atoms with van der Waals surface area (Å²) in [5.41, 5.74) is 10.5. The fourth-order valence-corrected chi connectivity index (χ4v) is 3.11. The van der Waals surface area contributed by atoms with Crippen molar-refractivity contribution in [1.82, 2.24) is 5.16 Å². The Hall–Kier alpha value is -1.77. The number of aromatic nitrogens is 1. The van der Waals surface area contributed by atoms with Crippen molar-refractivity contribution in [2.24, 2.45) is 0 Å². The van der Waals surface area contributed by atoms with Gasteiger partial charge in [-0.3, -0.25) is 0 Å². The van der Waals surface area contributed by atoms with E-state index in [0.717, 1.165) is 29.7 Å². The molecular formula is C16H20N2O. The van der Waals surface area contributed by atoms with Crippen LogP contribution in [-0.4, -0.2) is 5.16 Å². The Labute approximate surface area is 113 Å². The normalized spacial score (nSPS) is 17.8. The third-order valence-corrected chi connectivity index (χ3v) is 4.34. The molecule has 1 aromatic carbocycles. The molecule has 0 radical (unpaired) electrons. The molecule has 2 N–H and O–H groups in total. The fraction of sp³-hybridized carbons (Fsp3) is 0.438. The molecule has 0 amide bonds. The summed E-state index contributed by atoms with van der Waals surface area (Å²) in [7, 11) is 0. The molecule has 100 valence electrons. The zero-order chi connectivity index (χ0) is 13.5. The SMILES string of the molecule is Cc1ccc(-c2c(C3(C)CCCC3)noc2N)cc1. The van der Waals surface area contributed by atoms with Crippen molar-refractivity contribution in [3.63, 3.8) is 0 Å². The minimum Gasteiger partial charge on any atom is -0.367 e. The van der Waals surface area contributed by atoms with Crippen LogP contribution in [-0.2, 0) is 5.41 Å². The average molecular weight is 256 g/mol. The second-order valence-electron chi connectivity index (χ2n) is 5.90. The highest BCUT2D eigenvalue weighted by molar-refractivity contribution is 5.76. The summed E-state index contributed by atoms with van der Waals surface area (Å²) in [4.78, 5) is 0. The highest BCUT2D eigenvalue weighted by Gasteiger charge is 2.36. The lowest BCUT2D eigenvalue weighted by atomic mass is 9.81. The Bertz CT molecular complexity index is 577. The molecule has 1 aromatic heterocycles. The highest BCUT2D eigenvalue weighted by Crippen LogP contribution is 2.45. The van der Waals surface area contributed by atoms with Gasteiger partial charge in [-0.1, -0.05) is 54.8 Å². The van der Waals surface area contributed by atoms with Crippen LogP contribution in [0, 0.1) is 6.92 Å². The number of nitrogens with zero attached hydrogens (tertiary/aromatic N) is 1. The van der Waals surface area contributed by atoms with Gasteiger partial charge < -0.3 is 10.3 Å². The van der Waals surface area contributed by atoms with Gasteiger partial charge in [0, 0.05) is 5.41 Å².